The largest absolute Gasteiger partial charge is 0.313 e. The third-order valence-electron chi connectivity index (χ3n) is 3.04. The van der Waals surface area contributed by atoms with E-state index in [1.807, 2.05) is 11.7 Å². The van der Waals surface area contributed by atoms with Crippen LogP contribution in [0.25, 0.3) is 0 Å². The van der Waals surface area contributed by atoms with Crippen molar-refractivity contribution in [2.24, 2.45) is 7.05 Å². The standard InChI is InChI=1S/C13H25N3/c1-5-8-9-14-10-11-12(6-2)15-16(4)13(11)7-3/h14H,5-10H2,1-4H3. The molecule has 0 aromatic carbocycles. The lowest BCUT2D eigenvalue weighted by atomic mass is 10.1. The van der Waals surface area contributed by atoms with Gasteiger partial charge in [0.05, 0.1) is 5.69 Å². The number of aromatic nitrogens is 2. The van der Waals surface area contributed by atoms with Crippen LogP contribution in [0.4, 0.5) is 0 Å². The van der Waals surface area contributed by atoms with Gasteiger partial charge in [-0.15, -0.1) is 0 Å². The van der Waals surface area contributed by atoms with E-state index in [0.29, 0.717) is 0 Å². The average molecular weight is 223 g/mol. The molecule has 1 N–H and O–H groups in total. The molecule has 16 heavy (non-hydrogen) atoms. The van der Waals surface area contributed by atoms with Crippen molar-refractivity contribution in [3.8, 4) is 0 Å². The molecule has 1 rings (SSSR count). The maximum Gasteiger partial charge on any atom is 0.0669 e. The van der Waals surface area contributed by atoms with Gasteiger partial charge in [0.15, 0.2) is 0 Å². The van der Waals surface area contributed by atoms with E-state index in [1.165, 1.54) is 29.8 Å². The normalized spacial score (nSPS) is 11.0. The van der Waals surface area contributed by atoms with Crippen molar-refractivity contribution in [2.75, 3.05) is 6.54 Å². The van der Waals surface area contributed by atoms with Gasteiger partial charge in [-0.25, -0.2) is 0 Å². The molecule has 0 saturated heterocycles. The topological polar surface area (TPSA) is 29.9 Å². The number of nitrogens with zero attached hydrogens (tertiary/aromatic N) is 2. The number of rotatable bonds is 7. The Kier molecular flexibility index (Phi) is 5.53. The predicted molar refractivity (Wildman–Crippen MR) is 68.6 cm³/mol. The van der Waals surface area contributed by atoms with Crippen LogP contribution in [-0.4, -0.2) is 16.3 Å². The highest BCUT2D eigenvalue weighted by Crippen LogP contribution is 2.15. The van der Waals surface area contributed by atoms with Crippen LogP contribution in [0.1, 0.15) is 50.6 Å². The van der Waals surface area contributed by atoms with Crippen LogP contribution >= 0.6 is 0 Å². The van der Waals surface area contributed by atoms with Gasteiger partial charge in [0.2, 0.25) is 0 Å². The molecule has 0 aliphatic carbocycles. The third kappa shape index (κ3) is 3.08. The van der Waals surface area contributed by atoms with Gasteiger partial charge in [-0.3, -0.25) is 4.68 Å². The van der Waals surface area contributed by atoms with E-state index in [9.17, 15) is 0 Å². The molecule has 0 aliphatic heterocycles. The van der Waals surface area contributed by atoms with Gasteiger partial charge in [-0.1, -0.05) is 27.2 Å². The van der Waals surface area contributed by atoms with Gasteiger partial charge < -0.3 is 5.32 Å². The SMILES string of the molecule is CCCCNCc1c(CC)nn(C)c1CC. The molecule has 0 spiro atoms. The maximum absolute atomic E-state index is 4.58. The average Bonchev–Trinajstić information content (AvgIpc) is 2.60. The van der Waals surface area contributed by atoms with Gasteiger partial charge in [0.25, 0.3) is 0 Å². The molecule has 3 heteroatoms. The molecule has 0 unspecified atom stereocenters. The Labute approximate surface area is 99.2 Å². The van der Waals surface area contributed by atoms with Crippen LogP contribution in [0.2, 0.25) is 0 Å². The lowest BCUT2D eigenvalue weighted by molar-refractivity contribution is 0.634. The van der Waals surface area contributed by atoms with Gasteiger partial charge >= 0.3 is 0 Å². The van der Waals surface area contributed by atoms with Crippen LogP contribution in [0.15, 0.2) is 0 Å². The fourth-order valence-corrected chi connectivity index (χ4v) is 2.11. The summed E-state index contributed by atoms with van der Waals surface area (Å²) in [5, 5.41) is 8.09. The zero-order valence-electron chi connectivity index (χ0n) is 11.1. The van der Waals surface area contributed by atoms with Gasteiger partial charge in [0, 0.05) is 24.8 Å². The first-order chi connectivity index (χ1) is 7.74. The van der Waals surface area contributed by atoms with Crippen molar-refractivity contribution in [1.29, 1.82) is 0 Å². The molecule has 0 amide bonds. The molecule has 0 atom stereocenters. The second-order valence-electron chi connectivity index (χ2n) is 4.23. The summed E-state index contributed by atoms with van der Waals surface area (Å²) in [7, 11) is 2.05. The number of hydrogen-bond donors (Lipinski definition) is 1. The molecule has 0 aliphatic rings. The van der Waals surface area contributed by atoms with Crippen LogP contribution < -0.4 is 5.32 Å². The van der Waals surface area contributed by atoms with Crippen molar-refractivity contribution in [1.82, 2.24) is 15.1 Å². The smallest absolute Gasteiger partial charge is 0.0669 e. The maximum atomic E-state index is 4.58. The molecular formula is C13H25N3. The number of unbranched alkanes of at least 4 members (excludes halogenated alkanes) is 1. The highest BCUT2D eigenvalue weighted by atomic mass is 15.3. The summed E-state index contributed by atoms with van der Waals surface area (Å²) >= 11 is 0. The molecule has 1 aromatic rings. The van der Waals surface area contributed by atoms with Crippen molar-refractivity contribution >= 4 is 0 Å². The van der Waals surface area contributed by atoms with E-state index in [2.05, 4.69) is 31.2 Å². The zero-order valence-corrected chi connectivity index (χ0v) is 11.1. The number of nitrogens with one attached hydrogen (secondary N) is 1. The zero-order chi connectivity index (χ0) is 12.0. The Morgan fingerprint density at radius 2 is 1.94 bits per heavy atom. The Morgan fingerprint density at radius 3 is 2.50 bits per heavy atom. The summed E-state index contributed by atoms with van der Waals surface area (Å²) in [5.41, 5.74) is 4.05. The van der Waals surface area contributed by atoms with Crippen LogP contribution in [0, 0.1) is 0 Å². The molecule has 0 radical (unpaired) electrons. The lowest BCUT2D eigenvalue weighted by Gasteiger charge is -2.06. The molecule has 1 aromatic heterocycles. The van der Waals surface area contributed by atoms with E-state index in [-0.39, 0.29) is 0 Å². The van der Waals surface area contributed by atoms with Gasteiger partial charge in [-0.2, -0.15) is 5.10 Å². The van der Waals surface area contributed by atoms with E-state index >= 15 is 0 Å². The van der Waals surface area contributed by atoms with E-state index < -0.39 is 0 Å². The fourth-order valence-electron chi connectivity index (χ4n) is 2.11. The summed E-state index contributed by atoms with van der Waals surface area (Å²) in [5.74, 6) is 0. The first-order valence-corrected chi connectivity index (χ1v) is 6.48. The summed E-state index contributed by atoms with van der Waals surface area (Å²) in [6.07, 6.45) is 4.59. The van der Waals surface area contributed by atoms with Crippen LogP contribution in [0.5, 0.6) is 0 Å². The first-order valence-electron chi connectivity index (χ1n) is 6.48. The second-order valence-corrected chi connectivity index (χ2v) is 4.23. The minimum absolute atomic E-state index is 0.972. The molecule has 1 heterocycles. The minimum Gasteiger partial charge on any atom is -0.313 e. The summed E-state index contributed by atoms with van der Waals surface area (Å²) < 4.78 is 2.04. The summed E-state index contributed by atoms with van der Waals surface area (Å²) in [6.45, 7) is 8.68. The minimum atomic E-state index is 0.972. The summed E-state index contributed by atoms with van der Waals surface area (Å²) in [6, 6.07) is 0. The molecule has 0 fully saturated rings. The Hall–Kier alpha value is -0.830. The second kappa shape index (κ2) is 6.69. The van der Waals surface area contributed by atoms with E-state index in [4.69, 9.17) is 0 Å². The van der Waals surface area contributed by atoms with Crippen LogP contribution in [0.3, 0.4) is 0 Å². The Morgan fingerprint density at radius 1 is 1.19 bits per heavy atom. The number of hydrogen-bond acceptors (Lipinski definition) is 2. The lowest BCUT2D eigenvalue weighted by Crippen LogP contribution is -2.16. The Bertz CT molecular complexity index is 315. The Balaban J connectivity index is 2.68. The monoisotopic (exact) mass is 223 g/mol. The van der Waals surface area contributed by atoms with E-state index in [1.54, 1.807) is 0 Å². The molecule has 92 valence electrons. The highest BCUT2D eigenvalue weighted by molar-refractivity contribution is 5.26. The highest BCUT2D eigenvalue weighted by Gasteiger charge is 2.12. The van der Waals surface area contributed by atoms with Crippen LogP contribution in [-0.2, 0) is 26.4 Å². The predicted octanol–water partition coefficient (Wildman–Crippen LogP) is 2.43. The molecule has 0 bridgehead atoms. The molecule has 0 saturated carbocycles. The van der Waals surface area contributed by atoms with E-state index in [0.717, 1.165) is 25.9 Å². The summed E-state index contributed by atoms with van der Waals surface area (Å²) in [4.78, 5) is 0. The third-order valence-corrected chi connectivity index (χ3v) is 3.04. The van der Waals surface area contributed by atoms with Gasteiger partial charge in [-0.05, 0) is 25.8 Å². The van der Waals surface area contributed by atoms with Crippen molar-refractivity contribution < 1.29 is 0 Å². The van der Waals surface area contributed by atoms with Gasteiger partial charge in [0.1, 0.15) is 0 Å². The van der Waals surface area contributed by atoms with Crippen molar-refractivity contribution in [3.63, 3.8) is 0 Å². The molecular weight excluding hydrogens is 198 g/mol. The first kappa shape index (κ1) is 13.2. The van der Waals surface area contributed by atoms with Crippen molar-refractivity contribution in [3.05, 3.63) is 17.0 Å². The molecule has 3 nitrogen and oxygen atoms in total. The fraction of sp³-hybridized carbons (Fsp3) is 0.769. The quantitative estimate of drug-likeness (QED) is 0.720. The van der Waals surface area contributed by atoms with Crippen molar-refractivity contribution in [2.45, 2.75) is 53.0 Å². The number of aryl methyl sites for hydroxylation is 2.